The topological polar surface area (TPSA) is 105 Å². The van der Waals surface area contributed by atoms with Gasteiger partial charge in [-0.15, -0.1) is 0 Å². The molecule has 2 rings (SSSR count). The van der Waals surface area contributed by atoms with Crippen LogP contribution in [0.3, 0.4) is 0 Å². The first-order chi connectivity index (χ1) is 39.4. The van der Waals surface area contributed by atoms with Crippen LogP contribution in [0.15, 0.2) is 36.4 Å². The predicted octanol–water partition coefficient (Wildman–Crippen LogP) is 22.8. The SMILES string of the molecule is CCCCCCCCCCCCCCOC(=O)c1cc(-c2ccccc2)c(C(=O)OCCCCCCCCCCCCCC)c(C(=O)OCCCCCCCCCCCCCC)c1C(=O)OCCCCCCCCCCCCCC. The van der Waals surface area contributed by atoms with Crippen molar-refractivity contribution in [2.75, 3.05) is 26.4 Å². The summed E-state index contributed by atoms with van der Waals surface area (Å²) < 4.78 is 24.1. The van der Waals surface area contributed by atoms with E-state index in [9.17, 15) is 19.2 Å². The van der Waals surface area contributed by atoms with Crippen LogP contribution in [0.2, 0.25) is 0 Å². The molecule has 0 aliphatic carbocycles. The van der Waals surface area contributed by atoms with Crippen LogP contribution >= 0.6 is 0 Å². The Kier molecular flexibility index (Phi) is 48.3. The fraction of sp³-hybridized carbons (Fsp3) is 0.778. The Morgan fingerprint density at radius 1 is 0.263 bits per heavy atom. The number of unbranched alkanes of at least 4 members (excludes halogenated alkanes) is 44. The smallest absolute Gasteiger partial charge is 0.339 e. The van der Waals surface area contributed by atoms with Crippen molar-refractivity contribution < 1.29 is 38.1 Å². The summed E-state index contributed by atoms with van der Waals surface area (Å²) in [4.78, 5) is 58.7. The minimum Gasteiger partial charge on any atom is -0.462 e. The number of carbonyl (C=O) groups is 4. The van der Waals surface area contributed by atoms with Gasteiger partial charge in [0.05, 0.1) is 48.7 Å². The highest BCUT2D eigenvalue weighted by Crippen LogP contribution is 2.35. The molecule has 0 aromatic heterocycles. The molecule has 0 aliphatic rings. The number of carbonyl (C=O) groups excluding carboxylic acids is 4. The van der Waals surface area contributed by atoms with Gasteiger partial charge in [-0.25, -0.2) is 19.2 Å². The summed E-state index contributed by atoms with van der Waals surface area (Å²) in [5.41, 5.74) is 0.188. The zero-order chi connectivity index (χ0) is 57.6. The van der Waals surface area contributed by atoms with E-state index >= 15 is 0 Å². The number of ether oxygens (including phenoxy) is 4. The number of hydrogen-bond acceptors (Lipinski definition) is 8. The van der Waals surface area contributed by atoms with Crippen LogP contribution in [0, 0.1) is 0 Å². The molecule has 0 fully saturated rings. The van der Waals surface area contributed by atoms with Crippen molar-refractivity contribution in [3.05, 3.63) is 58.7 Å². The summed E-state index contributed by atoms with van der Waals surface area (Å²) in [5, 5.41) is 0. The van der Waals surface area contributed by atoms with Crippen molar-refractivity contribution in [3.8, 4) is 11.1 Å². The van der Waals surface area contributed by atoms with Gasteiger partial charge in [-0.3, -0.25) is 0 Å². The summed E-state index contributed by atoms with van der Waals surface area (Å²) >= 11 is 0. The van der Waals surface area contributed by atoms with Crippen LogP contribution in [0.1, 0.15) is 377 Å². The Labute approximate surface area is 491 Å². The summed E-state index contributed by atoms with van der Waals surface area (Å²) in [7, 11) is 0. The van der Waals surface area contributed by atoms with Crippen molar-refractivity contribution in [1.82, 2.24) is 0 Å². The second kappa shape index (κ2) is 53.3. The first-order valence-electron chi connectivity index (χ1n) is 34.4. The quantitative estimate of drug-likeness (QED) is 0.0366. The van der Waals surface area contributed by atoms with Gasteiger partial charge < -0.3 is 18.9 Å². The Morgan fingerprint density at radius 3 is 0.762 bits per heavy atom. The second-order valence-corrected chi connectivity index (χ2v) is 23.6. The molecule has 80 heavy (non-hydrogen) atoms. The highest BCUT2D eigenvalue weighted by Gasteiger charge is 2.36. The van der Waals surface area contributed by atoms with E-state index in [0.717, 1.165) is 77.0 Å². The van der Waals surface area contributed by atoms with Crippen molar-refractivity contribution in [2.24, 2.45) is 0 Å². The van der Waals surface area contributed by atoms with Gasteiger partial charge >= 0.3 is 23.9 Å². The fourth-order valence-corrected chi connectivity index (χ4v) is 11.0. The molecule has 458 valence electrons. The molecular weight excluding hydrogens is 993 g/mol. The minimum atomic E-state index is -0.838. The van der Waals surface area contributed by atoms with Gasteiger partial charge in [-0.1, -0.05) is 341 Å². The molecule has 0 unspecified atom stereocenters. The summed E-state index contributed by atoms with van der Waals surface area (Å²) in [6, 6.07) is 10.8. The fourth-order valence-electron chi connectivity index (χ4n) is 11.0. The van der Waals surface area contributed by atoms with Crippen molar-refractivity contribution >= 4 is 23.9 Å². The third-order valence-electron chi connectivity index (χ3n) is 16.2. The predicted molar refractivity (Wildman–Crippen MR) is 337 cm³/mol. The Bertz CT molecular complexity index is 1790. The maximum Gasteiger partial charge on any atom is 0.339 e. The molecule has 0 N–H and O–H groups in total. The molecule has 8 nitrogen and oxygen atoms in total. The molecule has 0 saturated carbocycles. The van der Waals surface area contributed by atoms with Crippen LogP contribution in [0.4, 0.5) is 0 Å². The van der Waals surface area contributed by atoms with E-state index in [1.54, 1.807) is 6.07 Å². The zero-order valence-electron chi connectivity index (χ0n) is 52.5. The van der Waals surface area contributed by atoms with Crippen LogP contribution in [-0.2, 0) is 18.9 Å². The zero-order valence-corrected chi connectivity index (χ0v) is 52.5. The van der Waals surface area contributed by atoms with E-state index in [0.29, 0.717) is 36.8 Å². The highest BCUT2D eigenvalue weighted by molar-refractivity contribution is 6.18. The number of benzene rings is 2. The Morgan fingerprint density at radius 2 is 0.487 bits per heavy atom. The summed E-state index contributed by atoms with van der Waals surface area (Å²) in [5.74, 6) is -3.13. The standard InChI is InChI=1S/C72H122O8/c1-5-9-13-17-21-25-29-33-37-41-45-52-58-77-69(73)65-62-64(63-56-50-49-51-57-63)66(70(74)78-59-53-46-42-38-34-30-26-22-18-14-10-6-2)68(72(76)80-61-55-48-44-40-36-32-28-24-20-16-12-8-4)67(65)71(75)79-60-54-47-43-39-35-31-27-23-19-15-11-7-3/h49-51,56-57,62H,5-48,52-55,58-61H2,1-4H3. The van der Waals surface area contributed by atoms with Gasteiger partial charge in [0.1, 0.15) is 0 Å². The second-order valence-electron chi connectivity index (χ2n) is 23.6. The molecule has 0 saturated heterocycles. The lowest BCUT2D eigenvalue weighted by Gasteiger charge is -2.20. The molecule has 8 heteroatoms. The highest BCUT2D eigenvalue weighted by atomic mass is 16.5. The van der Waals surface area contributed by atoms with E-state index in [-0.39, 0.29) is 48.7 Å². The molecular formula is C72H122O8. The maximum atomic E-state index is 14.8. The lowest BCUT2D eigenvalue weighted by atomic mass is 9.88. The minimum absolute atomic E-state index is 0.0790. The third kappa shape index (κ3) is 36.7. The van der Waals surface area contributed by atoms with Crippen LogP contribution in [0.25, 0.3) is 11.1 Å². The van der Waals surface area contributed by atoms with E-state index in [1.807, 2.05) is 30.3 Å². The van der Waals surface area contributed by atoms with Gasteiger partial charge in [-0.05, 0) is 42.9 Å². The van der Waals surface area contributed by atoms with Crippen molar-refractivity contribution in [2.45, 2.75) is 336 Å². The molecule has 0 heterocycles. The van der Waals surface area contributed by atoms with E-state index in [2.05, 4.69) is 27.7 Å². The monoisotopic (exact) mass is 1110 g/mol. The normalized spacial score (nSPS) is 11.3. The molecule has 2 aromatic rings. The van der Waals surface area contributed by atoms with Gasteiger partial charge in [0.25, 0.3) is 0 Å². The van der Waals surface area contributed by atoms with Gasteiger partial charge in [0, 0.05) is 0 Å². The molecule has 0 amide bonds. The number of rotatable bonds is 57. The van der Waals surface area contributed by atoms with Crippen molar-refractivity contribution in [3.63, 3.8) is 0 Å². The third-order valence-corrected chi connectivity index (χ3v) is 16.2. The van der Waals surface area contributed by atoms with Crippen molar-refractivity contribution in [1.29, 1.82) is 0 Å². The van der Waals surface area contributed by atoms with E-state index < -0.39 is 23.9 Å². The van der Waals surface area contributed by atoms with E-state index in [4.69, 9.17) is 18.9 Å². The average Bonchev–Trinajstić information content (AvgIpc) is 3.64. The van der Waals surface area contributed by atoms with Gasteiger partial charge in [0.15, 0.2) is 0 Å². The molecule has 0 aliphatic heterocycles. The molecule has 0 radical (unpaired) electrons. The number of esters is 4. The Hall–Kier alpha value is -3.68. The largest absolute Gasteiger partial charge is 0.462 e. The molecule has 0 atom stereocenters. The van der Waals surface area contributed by atoms with E-state index in [1.165, 1.54) is 205 Å². The van der Waals surface area contributed by atoms with Gasteiger partial charge in [-0.2, -0.15) is 0 Å². The van der Waals surface area contributed by atoms with Crippen LogP contribution < -0.4 is 0 Å². The summed E-state index contributed by atoms with van der Waals surface area (Å²) in [6.07, 6.45) is 56.4. The first kappa shape index (κ1) is 72.4. The molecule has 2 aromatic carbocycles. The van der Waals surface area contributed by atoms with Crippen LogP contribution in [0.5, 0.6) is 0 Å². The average molecular weight is 1120 g/mol. The summed E-state index contributed by atoms with van der Waals surface area (Å²) in [6.45, 7) is 9.60. The molecule has 0 bridgehead atoms. The van der Waals surface area contributed by atoms with Gasteiger partial charge in [0.2, 0.25) is 0 Å². The maximum absolute atomic E-state index is 14.8. The van der Waals surface area contributed by atoms with Crippen LogP contribution in [-0.4, -0.2) is 50.3 Å². The molecule has 0 spiro atoms. The Balaban J connectivity index is 2.35. The lowest BCUT2D eigenvalue weighted by molar-refractivity contribution is 0.0415. The number of hydrogen-bond donors (Lipinski definition) is 0. The first-order valence-corrected chi connectivity index (χ1v) is 34.4. The lowest BCUT2D eigenvalue weighted by Crippen LogP contribution is -2.25.